The Balaban J connectivity index is 2.37. The van der Waals surface area contributed by atoms with E-state index in [1.807, 2.05) is 6.92 Å². The first-order valence-electron chi connectivity index (χ1n) is 6.03. The molecule has 20 heavy (non-hydrogen) atoms. The zero-order valence-corrected chi connectivity index (χ0v) is 10.8. The lowest BCUT2D eigenvalue weighted by molar-refractivity contribution is -0.384. The molecule has 0 saturated heterocycles. The fourth-order valence-electron chi connectivity index (χ4n) is 1.96. The van der Waals surface area contributed by atoms with Crippen LogP contribution in [0.15, 0.2) is 30.3 Å². The summed E-state index contributed by atoms with van der Waals surface area (Å²) < 4.78 is 0. The summed E-state index contributed by atoms with van der Waals surface area (Å²) >= 11 is 0. The molecule has 0 aliphatic carbocycles. The summed E-state index contributed by atoms with van der Waals surface area (Å²) in [6.45, 7) is 1.87. The van der Waals surface area contributed by atoms with Crippen LogP contribution in [0.25, 0.3) is 0 Å². The molecule has 0 amide bonds. The van der Waals surface area contributed by atoms with Crippen molar-refractivity contribution in [2.24, 2.45) is 0 Å². The summed E-state index contributed by atoms with van der Waals surface area (Å²) in [5.74, 6) is -0.263. The van der Waals surface area contributed by atoms with E-state index in [1.165, 1.54) is 30.3 Å². The number of carbonyl (C=O) groups is 2. The topological polar surface area (TPSA) is 93.1 Å². The minimum atomic E-state index is -0.521. The Hall–Kier alpha value is -2.76. The van der Waals surface area contributed by atoms with Gasteiger partial charge in [0.25, 0.3) is 5.69 Å². The van der Waals surface area contributed by atoms with Crippen LogP contribution in [0.3, 0.4) is 0 Å². The van der Waals surface area contributed by atoms with Gasteiger partial charge < -0.3 is 4.98 Å². The molecule has 0 fully saturated rings. The van der Waals surface area contributed by atoms with Gasteiger partial charge in [-0.2, -0.15) is 0 Å². The van der Waals surface area contributed by atoms with Gasteiger partial charge in [-0.05, 0) is 24.6 Å². The maximum absolute atomic E-state index is 12.3. The summed E-state index contributed by atoms with van der Waals surface area (Å²) in [5, 5.41) is 10.6. The molecule has 0 aliphatic rings. The smallest absolute Gasteiger partial charge is 0.269 e. The van der Waals surface area contributed by atoms with E-state index in [0.717, 1.165) is 0 Å². The lowest BCUT2D eigenvalue weighted by Crippen LogP contribution is -2.03. The number of nitrogens with one attached hydrogen (secondary N) is 1. The molecule has 0 bridgehead atoms. The first kappa shape index (κ1) is 13.7. The van der Waals surface area contributed by atoms with Gasteiger partial charge in [-0.1, -0.05) is 6.92 Å². The fourth-order valence-corrected chi connectivity index (χ4v) is 1.96. The third-order valence-corrected chi connectivity index (χ3v) is 2.99. The Morgan fingerprint density at radius 3 is 2.50 bits per heavy atom. The Morgan fingerprint density at radius 2 is 2.00 bits per heavy atom. The molecule has 2 aromatic rings. The Morgan fingerprint density at radius 1 is 1.35 bits per heavy atom. The molecule has 6 heteroatoms. The first-order chi connectivity index (χ1) is 9.56. The van der Waals surface area contributed by atoms with Crippen LogP contribution in [-0.2, 0) is 6.42 Å². The number of aldehydes is 1. The number of nitrogens with zero attached hydrogens (tertiary/aromatic N) is 1. The summed E-state index contributed by atoms with van der Waals surface area (Å²) in [4.78, 5) is 36.0. The van der Waals surface area contributed by atoms with E-state index in [2.05, 4.69) is 4.98 Å². The van der Waals surface area contributed by atoms with Crippen LogP contribution in [0.2, 0.25) is 0 Å². The van der Waals surface area contributed by atoms with E-state index in [0.29, 0.717) is 35.2 Å². The molecule has 102 valence electrons. The number of H-pyrrole nitrogens is 1. The number of aryl methyl sites for hydroxylation is 1. The van der Waals surface area contributed by atoms with E-state index in [9.17, 15) is 19.7 Å². The van der Waals surface area contributed by atoms with Gasteiger partial charge in [0.15, 0.2) is 12.1 Å². The second kappa shape index (κ2) is 5.48. The van der Waals surface area contributed by atoms with Gasteiger partial charge >= 0.3 is 0 Å². The van der Waals surface area contributed by atoms with Crippen LogP contribution < -0.4 is 0 Å². The normalized spacial score (nSPS) is 10.2. The number of nitro groups is 1. The van der Waals surface area contributed by atoms with E-state index in [-0.39, 0.29) is 11.5 Å². The molecule has 6 nitrogen and oxygen atoms in total. The highest BCUT2D eigenvalue weighted by atomic mass is 16.6. The van der Waals surface area contributed by atoms with E-state index < -0.39 is 4.92 Å². The standard InChI is InChI=1S/C14H12N2O4/c1-2-13-12(7-10(8-17)15-13)14(18)9-3-5-11(6-4-9)16(19)20/h3-8,15H,2H2,1H3. The molecule has 0 aliphatic heterocycles. The number of benzene rings is 1. The van der Waals surface area contributed by atoms with Crippen LogP contribution >= 0.6 is 0 Å². The van der Waals surface area contributed by atoms with Crippen molar-refractivity contribution in [2.75, 3.05) is 0 Å². The lowest BCUT2D eigenvalue weighted by Gasteiger charge is -2.01. The van der Waals surface area contributed by atoms with E-state index in [4.69, 9.17) is 0 Å². The highest BCUT2D eigenvalue weighted by Gasteiger charge is 2.17. The highest BCUT2D eigenvalue weighted by molar-refractivity contribution is 6.10. The zero-order chi connectivity index (χ0) is 14.7. The van der Waals surface area contributed by atoms with Crippen molar-refractivity contribution < 1.29 is 14.5 Å². The molecule has 1 aromatic carbocycles. The van der Waals surface area contributed by atoms with E-state index >= 15 is 0 Å². The third kappa shape index (κ3) is 2.49. The Bertz CT molecular complexity index is 671. The number of nitro benzene ring substituents is 1. The predicted molar refractivity (Wildman–Crippen MR) is 72.1 cm³/mol. The lowest BCUT2D eigenvalue weighted by atomic mass is 10.0. The largest absolute Gasteiger partial charge is 0.356 e. The number of non-ortho nitro benzene ring substituents is 1. The second-order valence-electron chi connectivity index (χ2n) is 4.22. The molecule has 0 saturated carbocycles. The van der Waals surface area contributed by atoms with Gasteiger partial charge in [-0.15, -0.1) is 0 Å². The molecule has 0 radical (unpaired) electrons. The summed E-state index contributed by atoms with van der Waals surface area (Å²) in [6.07, 6.45) is 1.23. The monoisotopic (exact) mass is 272 g/mol. The molecule has 2 rings (SSSR count). The predicted octanol–water partition coefficient (Wildman–Crippen LogP) is 2.53. The van der Waals surface area contributed by atoms with Gasteiger partial charge in [0.05, 0.1) is 10.6 Å². The van der Waals surface area contributed by atoms with Crippen molar-refractivity contribution in [3.05, 3.63) is 63.0 Å². The number of carbonyl (C=O) groups excluding carboxylic acids is 2. The van der Waals surface area contributed by atoms with E-state index in [1.54, 1.807) is 0 Å². The van der Waals surface area contributed by atoms with Gasteiger partial charge in [-0.3, -0.25) is 19.7 Å². The minimum Gasteiger partial charge on any atom is -0.356 e. The molecular weight excluding hydrogens is 260 g/mol. The van der Waals surface area contributed by atoms with Crippen LogP contribution in [0.5, 0.6) is 0 Å². The number of hydrogen-bond donors (Lipinski definition) is 1. The van der Waals surface area contributed by atoms with Gasteiger partial charge in [-0.25, -0.2) is 0 Å². The molecule has 0 atom stereocenters. The quantitative estimate of drug-likeness (QED) is 0.391. The van der Waals surface area contributed by atoms with Crippen molar-refractivity contribution in [2.45, 2.75) is 13.3 Å². The number of rotatable bonds is 5. The van der Waals surface area contributed by atoms with Gasteiger partial charge in [0.1, 0.15) is 0 Å². The summed E-state index contributed by atoms with van der Waals surface area (Å²) in [7, 11) is 0. The number of aromatic amines is 1. The first-order valence-corrected chi connectivity index (χ1v) is 6.03. The molecular formula is C14H12N2O4. The van der Waals surface area contributed by atoms with Crippen molar-refractivity contribution in [3.63, 3.8) is 0 Å². The molecule has 0 spiro atoms. The summed E-state index contributed by atoms with van der Waals surface area (Å²) in [6, 6.07) is 6.88. The van der Waals surface area contributed by atoms with Crippen molar-refractivity contribution in [3.8, 4) is 0 Å². The zero-order valence-electron chi connectivity index (χ0n) is 10.8. The maximum atomic E-state index is 12.3. The number of ketones is 1. The highest BCUT2D eigenvalue weighted by Crippen LogP contribution is 2.18. The Kier molecular flexibility index (Phi) is 3.74. The maximum Gasteiger partial charge on any atom is 0.269 e. The number of hydrogen-bond acceptors (Lipinski definition) is 4. The van der Waals surface area contributed by atoms with Crippen LogP contribution in [0, 0.1) is 10.1 Å². The molecule has 0 unspecified atom stereocenters. The second-order valence-corrected chi connectivity index (χ2v) is 4.22. The third-order valence-electron chi connectivity index (χ3n) is 2.99. The van der Waals surface area contributed by atoms with Crippen molar-refractivity contribution in [1.82, 2.24) is 4.98 Å². The van der Waals surface area contributed by atoms with Crippen molar-refractivity contribution in [1.29, 1.82) is 0 Å². The van der Waals surface area contributed by atoms with Gasteiger partial charge in [0, 0.05) is 29.0 Å². The molecule has 1 N–H and O–H groups in total. The van der Waals surface area contributed by atoms with Crippen LogP contribution in [0.1, 0.15) is 39.0 Å². The van der Waals surface area contributed by atoms with Crippen LogP contribution in [0.4, 0.5) is 5.69 Å². The summed E-state index contributed by atoms with van der Waals surface area (Å²) in [5.41, 5.74) is 1.72. The Labute approximate surface area is 114 Å². The SMILES string of the molecule is CCc1[nH]c(C=O)cc1C(=O)c1ccc([N+](=O)[O-])cc1. The average Bonchev–Trinajstić information content (AvgIpc) is 2.90. The number of aromatic nitrogens is 1. The molecule has 1 heterocycles. The molecule has 1 aromatic heterocycles. The fraction of sp³-hybridized carbons (Fsp3) is 0.143. The van der Waals surface area contributed by atoms with Crippen LogP contribution in [-0.4, -0.2) is 22.0 Å². The average molecular weight is 272 g/mol. The van der Waals surface area contributed by atoms with Gasteiger partial charge in [0.2, 0.25) is 0 Å². The van der Waals surface area contributed by atoms with Crippen molar-refractivity contribution >= 4 is 17.8 Å². The minimum absolute atomic E-state index is 0.0695.